The molecule has 0 amide bonds. The second kappa shape index (κ2) is 5.74. The van der Waals surface area contributed by atoms with E-state index in [1.54, 1.807) is 0 Å². The molecule has 1 aromatic heterocycles. The monoisotopic (exact) mass is 265 g/mol. The highest BCUT2D eigenvalue weighted by Crippen LogP contribution is 2.24. The van der Waals surface area contributed by atoms with Crippen molar-refractivity contribution in [1.82, 2.24) is 9.47 Å². The van der Waals surface area contributed by atoms with Crippen LogP contribution < -0.4 is 5.73 Å². The summed E-state index contributed by atoms with van der Waals surface area (Å²) in [5.74, 6) is 0. The number of aryl methyl sites for hydroxylation is 1. The Morgan fingerprint density at radius 1 is 1.33 bits per heavy atom. The van der Waals surface area contributed by atoms with Crippen molar-refractivity contribution in [2.24, 2.45) is 5.73 Å². The topological polar surface area (TPSA) is 34.2 Å². The second-order valence-corrected chi connectivity index (χ2v) is 5.31. The molecule has 0 bridgehead atoms. The fourth-order valence-electron chi connectivity index (χ4n) is 2.25. The summed E-state index contributed by atoms with van der Waals surface area (Å²) < 4.78 is 2.26. The first-order chi connectivity index (χ1) is 8.61. The average molecular weight is 266 g/mol. The predicted octanol–water partition coefficient (Wildman–Crippen LogP) is 2.71. The minimum atomic E-state index is 0.568. The van der Waals surface area contributed by atoms with Crippen LogP contribution in [-0.2, 0) is 13.1 Å². The molecule has 0 saturated heterocycles. The summed E-state index contributed by atoms with van der Waals surface area (Å²) in [6.45, 7) is 2.64. The molecule has 0 aliphatic rings. The summed E-state index contributed by atoms with van der Waals surface area (Å²) in [5.41, 5.74) is 8.16. The summed E-state index contributed by atoms with van der Waals surface area (Å²) in [6.07, 6.45) is 3.27. The Balaban J connectivity index is 2.28. The highest BCUT2D eigenvalue weighted by Gasteiger charge is 2.07. The lowest BCUT2D eigenvalue weighted by molar-refractivity contribution is 0.388. The Morgan fingerprint density at radius 3 is 2.78 bits per heavy atom. The maximum atomic E-state index is 6.07. The first-order valence-electron chi connectivity index (χ1n) is 6.24. The maximum absolute atomic E-state index is 6.07. The highest BCUT2D eigenvalue weighted by molar-refractivity contribution is 6.31. The molecule has 0 fully saturated rings. The van der Waals surface area contributed by atoms with E-state index in [0.29, 0.717) is 6.54 Å². The molecule has 2 N–H and O–H groups in total. The van der Waals surface area contributed by atoms with Gasteiger partial charge in [-0.25, -0.2) is 0 Å². The van der Waals surface area contributed by atoms with Crippen molar-refractivity contribution in [3.63, 3.8) is 0 Å². The molecule has 4 heteroatoms. The van der Waals surface area contributed by atoms with Gasteiger partial charge in [0.15, 0.2) is 0 Å². The van der Waals surface area contributed by atoms with Crippen molar-refractivity contribution in [3.8, 4) is 0 Å². The van der Waals surface area contributed by atoms with Crippen molar-refractivity contribution < 1.29 is 0 Å². The van der Waals surface area contributed by atoms with Gasteiger partial charge in [0.05, 0.1) is 0 Å². The van der Waals surface area contributed by atoms with Crippen LogP contribution in [0, 0.1) is 0 Å². The molecule has 0 aliphatic heterocycles. The summed E-state index contributed by atoms with van der Waals surface area (Å²) in [4.78, 5) is 2.20. The van der Waals surface area contributed by atoms with Crippen LogP contribution in [0.5, 0.6) is 0 Å². The van der Waals surface area contributed by atoms with Crippen molar-refractivity contribution in [2.45, 2.75) is 19.5 Å². The van der Waals surface area contributed by atoms with Gasteiger partial charge in [0, 0.05) is 35.2 Å². The summed E-state index contributed by atoms with van der Waals surface area (Å²) in [6, 6.07) is 6.00. The normalized spacial score (nSPS) is 11.6. The molecule has 3 nitrogen and oxygen atoms in total. The van der Waals surface area contributed by atoms with Gasteiger partial charge in [0.25, 0.3) is 0 Å². The zero-order valence-corrected chi connectivity index (χ0v) is 11.7. The van der Waals surface area contributed by atoms with E-state index in [2.05, 4.69) is 35.8 Å². The molecule has 2 rings (SSSR count). The first kappa shape index (κ1) is 13.4. The first-order valence-corrected chi connectivity index (χ1v) is 6.61. The van der Waals surface area contributed by atoms with Crippen LogP contribution in [0.1, 0.15) is 12.0 Å². The molecule has 0 spiro atoms. The molecule has 1 aromatic carbocycles. The van der Waals surface area contributed by atoms with Crippen molar-refractivity contribution >= 4 is 22.5 Å². The fraction of sp³-hybridized carbons (Fsp3) is 0.429. The fourth-order valence-corrected chi connectivity index (χ4v) is 2.41. The number of halogens is 1. The van der Waals surface area contributed by atoms with E-state index in [9.17, 15) is 0 Å². The van der Waals surface area contributed by atoms with E-state index in [0.717, 1.165) is 24.5 Å². The molecule has 1 heterocycles. The molecule has 2 aromatic rings. The third-order valence-corrected chi connectivity index (χ3v) is 3.39. The number of nitrogens with zero attached hydrogens (tertiary/aromatic N) is 2. The van der Waals surface area contributed by atoms with Crippen LogP contribution in [0.2, 0.25) is 5.02 Å². The average Bonchev–Trinajstić information content (AvgIpc) is 2.66. The molecule has 0 radical (unpaired) electrons. The molecular weight excluding hydrogens is 246 g/mol. The SMILES string of the molecule is CN(C)CCCn1cc(CN)c2ccc(Cl)cc21. The van der Waals surface area contributed by atoms with Crippen molar-refractivity contribution in [2.75, 3.05) is 20.6 Å². The van der Waals surface area contributed by atoms with E-state index < -0.39 is 0 Å². The molecule has 18 heavy (non-hydrogen) atoms. The smallest absolute Gasteiger partial charge is 0.0498 e. The standard InChI is InChI=1S/C14H20ClN3/c1-17(2)6-3-7-18-10-11(9-16)13-5-4-12(15)8-14(13)18/h4-5,8,10H,3,6-7,9,16H2,1-2H3. The zero-order valence-electron chi connectivity index (χ0n) is 11.0. The van der Waals surface area contributed by atoms with Gasteiger partial charge in [-0.3, -0.25) is 0 Å². The van der Waals surface area contributed by atoms with Gasteiger partial charge in [-0.05, 0) is 44.8 Å². The molecular formula is C14H20ClN3. The molecule has 0 aliphatic carbocycles. The van der Waals surface area contributed by atoms with Crippen molar-refractivity contribution in [1.29, 1.82) is 0 Å². The van der Waals surface area contributed by atoms with Gasteiger partial charge in [-0.1, -0.05) is 17.7 Å². The van der Waals surface area contributed by atoms with Crippen LogP contribution >= 0.6 is 11.6 Å². The van der Waals surface area contributed by atoms with Gasteiger partial charge < -0.3 is 15.2 Å². The molecule has 0 unspecified atom stereocenters. The van der Waals surface area contributed by atoms with Crippen LogP contribution in [0.15, 0.2) is 24.4 Å². The lowest BCUT2D eigenvalue weighted by Gasteiger charge is -2.10. The quantitative estimate of drug-likeness (QED) is 0.902. The lowest BCUT2D eigenvalue weighted by atomic mass is 10.2. The zero-order chi connectivity index (χ0) is 13.1. The van der Waals surface area contributed by atoms with Gasteiger partial charge in [-0.15, -0.1) is 0 Å². The number of nitrogens with two attached hydrogens (primary N) is 1. The Kier molecular flexibility index (Phi) is 4.27. The van der Waals surface area contributed by atoms with Crippen molar-refractivity contribution in [3.05, 3.63) is 35.0 Å². The van der Waals surface area contributed by atoms with Gasteiger partial charge >= 0.3 is 0 Å². The summed E-state index contributed by atoms with van der Waals surface area (Å²) in [7, 11) is 4.19. The third-order valence-electron chi connectivity index (χ3n) is 3.15. The summed E-state index contributed by atoms with van der Waals surface area (Å²) in [5, 5.41) is 1.99. The Labute approximate surface area is 113 Å². The second-order valence-electron chi connectivity index (χ2n) is 4.87. The highest BCUT2D eigenvalue weighted by atomic mass is 35.5. The number of hydrogen-bond acceptors (Lipinski definition) is 2. The number of aromatic nitrogens is 1. The van der Waals surface area contributed by atoms with E-state index in [4.69, 9.17) is 17.3 Å². The summed E-state index contributed by atoms with van der Waals surface area (Å²) >= 11 is 6.07. The van der Waals surface area contributed by atoms with E-state index in [-0.39, 0.29) is 0 Å². The number of benzene rings is 1. The largest absolute Gasteiger partial charge is 0.347 e. The van der Waals surface area contributed by atoms with Gasteiger partial charge in [0.2, 0.25) is 0 Å². The number of hydrogen-bond donors (Lipinski definition) is 1. The molecule has 0 atom stereocenters. The molecule has 0 saturated carbocycles. The minimum Gasteiger partial charge on any atom is -0.347 e. The lowest BCUT2D eigenvalue weighted by Crippen LogP contribution is -2.14. The van der Waals surface area contributed by atoms with Crippen LogP contribution in [0.25, 0.3) is 10.9 Å². The van der Waals surface area contributed by atoms with Crippen LogP contribution in [0.4, 0.5) is 0 Å². The van der Waals surface area contributed by atoms with Gasteiger partial charge in [0.1, 0.15) is 0 Å². The Bertz CT molecular complexity index is 531. The minimum absolute atomic E-state index is 0.568. The van der Waals surface area contributed by atoms with Crippen LogP contribution in [0.3, 0.4) is 0 Å². The predicted molar refractivity (Wildman–Crippen MR) is 78.0 cm³/mol. The molecule has 98 valence electrons. The number of rotatable bonds is 5. The van der Waals surface area contributed by atoms with Crippen LogP contribution in [-0.4, -0.2) is 30.1 Å². The maximum Gasteiger partial charge on any atom is 0.0498 e. The van der Waals surface area contributed by atoms with E-state index in [1.807, 2.05) is 12.1 Å². The Morgan fingerprint density at radius 2 is 2.11 bits per heavy atom. The van der Waals surface area contributed by atoms with E-state index >= 15 is 0 Å². The van der Waals surface area contributed by atoms with E-state index in [1.165, 1.54) is 16.5 Å². The Hall–Kier alpha value is -1.03. The van der Waals surface area contributed by atoms with Gasteiger partial charge in [-0.2, -0.15) is 0 Å². The number of fused-ring (bicyclic) bond motifs is 1. The third kappa shape index (κ3) is 2.86.